The molecule has 3 heteroatoms. The highest BCUT2D eigenvalue weighted by molar-refractivity contribution is 9.10. The lowest BCUT2D eigenvalue weighted by Crippen LogP contribution is -1.89. The van der Waals surface area contributed by atoms with Crippen molar-refractivity contribution < 1.29 is 0 Å². The predicted molar refractivity (Wildman–Crippen MR) is 76.7 cm³/mol. The number of aliphatic imine (C=N–C) groups is 1. The van der Waals surface area contributed by atoms with Crippen LogP contribution < -0.4 is 0 Å². The third-order valence-electron chi connectivity index (χ3n) is 2.96. The number of benzene rings is 2. The van der Waals surface area contributed by atoms with Crippen LogP contribution in [0, 0.1) is 0 Å². The molecule has 16 heavy (non-hydrogen) atoms. The molecule has 0 aliphatic carbocycles. The Balaban J connectivity index is 2.24. The Morgan fingerprint density at radius 2 is 2.12 bits per heavy atom. The van der Waals surface area contributed by atoms with E-state index < -0.39 is 0 Å². The van der Waals surface area contributed by atoms with Gasteiger partial charge in [0.05, 0.1) is 5.69 Å². The molecule has 1 aliphatic rings. The van der Waals surface area contributed by atoms with Gasteiger partial charge in [-0.15, -0.1) is 0 Å². The maximum Gasteiger partial charge on any atom is 0.0675 e. The average Bonchev–Trinajstić information content (AvgIpc) is 2.71. The monoisotopic (exact) mass is 291 g/mol. The smallest absolute Gasteiger partial charge is 0.0675 e. The van der Waals surface area contributed by atoms with E-state index in [1.165, 1.54) is 27.5 Å². The molecule has 2 aromatic rings. The van der Waals surface area contributed by atoms with Crippen LogP contribution in [0.15, 0.2) is 39.8 Å². The standard InChI is InChI=1S/C13H11BrNP/c1-16-13-7-11-10-4-3-9(14)6-8(10)2-5-12(11)15-13/h2-6,16H,7H2,1H3. The summed E-state index contributed by atoms with van der Waals surface area (Å²) in [4.78, 5) is 4.66. The molecule has 0 aromatic heterocycles. The van der Waals surface area contributed by atoms with E-state index in [1.54, 1.807) is 0 Å². The lowest BCUT2D eigenvalue weighted by Gasteiger charge is -2.04. The third kappa shape index (κ3) is 1.61. The van der Waals surface area contributed by atoms with Gasteiger partial charge >= 0.3 is 0 Å². The van der Waals surface area contributed by atoms with Gasteiger partial charge in [0.1, 0.15) is 0 Å². The second-order valence-corrected chi connectivity index (χ2v) is 5.91. The number of hydrogen-bond donors (Lipinski definition) is 0. The van der Waals surface area contributed by atoms with E-state index in [2.05, 4.69) is 57.9 Å². The largest absolute Gasteiger partial charge is 0.253 e. The Morgan fingerprint density at radius 3 is 2.94 bits per heavy atom. The molecule has 0 radical (unpaired) electrons. The Labute approximate surface area is 105 Å². The number of fused-ring (bicyclic) bond motifs is 3. The maximum atomic E-state index is 4.66. The van der Waals surface area contributed by atoms with Crippen LogP contribution in [0.3, 0.4) is 0 Å². The normalized spacial score (nSPS) is 14.8. The number of halogens is 1. The molecule has 1 nitrogen and oxygen atoms in total. The molecule has 1 atom stereocenters. The lowest BCUT2D eigenvalue weighted by atomic mass is 10.0. The molecule has 2 aromatic carbocycles. The van der Waals surface area contributed by atoms with Crippen LogP contribution in [0.2, 0.25) is 0 Å². The summed E-state index contributed by atoms with van der Waals surface area (Å²) in [6, 6.07) is 10.8. The quantitative estimate of drug-likeness (QED) is 0.686. The van der Waals surface area contributed by atoms with Crippen LogP contribution in [-0.4, -0.2) is 12.1 Å². The Bertz CT molecular complexity index is 604. The fraction of sp³-hybridized carbons (Fsp3) is 0.154. The molecule has 3 rings (SSSR count). The molecule has 0 fully saturated rings. The average molecular weight is 292 g/mol. The first-order chi connectivity index (χ1) is 7.78. The van der Waals surface area contributed by atoms with Gasteiger partial charge in [0.2, 0.25) is 0 Å². The molecule has 1 aliphatic heterocycles. The van der Waals surface area contributed by atoms with Crippen molar-refractivity contribution in [2.75, 3.05) is 6.66 Å². The fourth-order valence-electron chi connectivity index (χ4n) is 2.14. The molecule has 1 unspecified atom stereocenters. The lowest BCUT2D eigenvalue weighted by molar-refractivity contribution is 1.45. The summed E-state index contributed by atoms with van der Waals surface area (Å²) < 4.78 is 1.14. The van der Waals surface area contributed by atoms with Crippen molar-refractivity contribution in [3.05, 3.63) is 40.4 Å². The van der Waals surface area contributed by atoms with Crippen molar-refractivity contribution in [3.63, 3.8) is 0 Å². The second kappa shape index (κ2) is 3.94. The van der Waals surface area contributed by atoms with Gasteiger partial charge in [-0.2, -0.15) is 0 Å². The van der Waals surface area contributed by atoms with E-state index in [1.807, 2.05) is 0 Å². The topological polar surface area (TPSA) is 12.4 Å². The molecule has 0 amide bonds. The number of hydrogen-bond acceptors (Lipinski definition) is 1. The molecular weight excluding hydrogens is 281 g/mol. The first kappa shape index (κ1) is 10.4. The zero-order valence-corrected chi connectivity index (χ0v) is 11.5. The Morgan fingerprint density at radius 1 is 1.25 bits per heavy atom. The molecule has 0 saturated heterocycles. The van der Waals surface area contributed by atoms with Gasteiger partial charge in [0.25, 0.3) is 0 Å². The van der Waals surface area contributed by atoms with Crippen molar-refractivity contribution in [2.45, 2.75) is 6.42 Å². The molecule has 0 bridgehead atoms. The van der Waals surface area contributed by atoms with Crippen LogP contribution in [-0.2, 0) is 6.42 Å². The third-order valence-corrected chi connectivity index (χ3v) is 4.32. The van der Waals surface area contributed by atoms with E-state index in [0.29, 0.717) is 0 Å². The van der Waals surface area contributed by atoms with Gasteiger partial charge in [0, 0.05) is 16.3 Å². The van der Waals surface area contributed by atoms with Crippen molar-refractivity contribution in [1.29, 1.82) is 0 Å². The molecule has 0 N–H and O–H groups in total. The SMILES string of the molecule is CPC1=Nc2ccc3cc(Br)ccc3c2C1. The van der Waals surface area contributed by atoms with Gasteiger partial charge in [0.15, 0.2) is 0 Å². The van der Waals surface area contributed by atoms with E-state index >= 15 is 0 Å². The van der Waals surface area contributed by atoms with Crippen molar-refractivity contribution in [2.24, 2.45) is 4.99 Å². The van der Waals surface area contributed by atoms with Crippen LogP contribution >= 0.6 is 24.5 Å². The number of rotatable bonds is 1. The molecule has 80 valence electrons. The van der Waals surface area contributed by atoms with Gasteiger partial charge in [-0.25, -0.2) is 0 Å². The molecule has 0 spiro atoms. The van der Waals surface area contributed by atoms with E-state index in [-0.39, 0.29) is 0 Å². The minimum absolute atomic E-state index is 0.817. The first-order valence-corrected chi connectivity index (χ1v) is 7.54. The van der Waals surface area contributed by atoms with Crippen LogP contribution in [0.25, 0.3) is 10.8 Å². The molecular formula is C13H11BrNP. The van der Waals surface area contributed by atoms with E-state index in [9.17, 15) is 0 Å². The van der Waals surface area contributed by atoms with Crippen LogP contribution in [0.4, 0.5) is 5.69 Å². The van der Waals surface area contributed by atoms with Crippen molar-refractivity contribution in [1.82, 2.24) is 0 Å². The minimum atomic E-state index is 0.817. The zero-order chi connectivity index (χ0) is 11.1. The summed E-state index contributed by atoms with van der Waals surface area (Å²) in [6.07, 6.45) is 1.03. The summed E-state index contributed by atoms with van der Waals surface area (Å²) in [5.74, 6) is 0. The fourth-order valence-corrected chi connectivity index (χ4v) is 3.11. The summed E-state index contributed by atoms with van der Waals surface area (Å²) in [5, 5.41) is 2.64. The number of nitrogens with zero attached hydrogens (tertiary/aromatic N) is 1. The van der Waals surface area contributed by atoms with Gasteiger partial charge in [-0.1, -0.05) is 36.6 Å². The first-order valence-electron chi connectivity index (χ1n) is 5.24. The van der Waals surface area contributed by atoms with Crippen molar-refractivity contribution in [3.8, 4) is 0 Å². The maximum absolute atomic E-state index is 4.66. The highest BCUT2D eigenvalue weighted by atomic mass is 79.9. The predicted octanol–water partition coefficient (Wildman–Crippen LogP) is 4.50. The Hall–Kier alpha value is -0.720. The molecule has 0 saturated carbocycles. The second-order valence-electron chi connectivity index (χ2n) is 3.91. The Kier molecular flexibility index (Phi) is 2.57. The summed E-state index contributed by atoms with van der Waals surface area (Å²) >= 11 is 3.51. The van der Waals surface area contributed by atoms with Gasteiger partial charge in [-0.3, -0.25) is 4.99 Å². The summed E-state index contributed by atoms with van der Waals surface area (Å²) in [6.45, 7) is 2.20. The van der Waals surface area contributed by atoms with Crippen molar-refractivity contribution >= 4 is 46.4 Å². The highest BCUT2D eigenvalue weighted by Crippen LogP contribution is 2.37. The summed E-state index contributed by atoms with van der Waals surface area (Å²) in [5.41, 5.74) is 3.89. The summed E-state index contributed by atoms with van der Waals surface area (Å²) in [7, 11) is 0.817. The van der Waals surface area contributed by atoms with Gasteiger partial charge in [-0.05, 0) is 41.2 Å². The van der Waals surface area contributed by atoms with E-state index in [4.69, 9.17) is 0 Å². The minimum Gasteiger partial charge on any atom is -0.253 e. The highest BCUT2D eigenvalue weighted by Gasteiger charge is 2.15. The van der Waals surface area contributed by atoms with Gasteiger partial charge < -0.3 is 0 Å². The zero-order valence-electron chi connectivity index (χ0n) is 8.92. The van der Waals surface area contributed by atoms with Crippen LogP contribution in [0.5, 0.6) is 0 Å². The van der Waals surface area contributed by atoms with E-state index in [0.717, 1.165) is 19.5 Å². The molecule has 1 heterocycles. The van der Waals surface area contributed by atoms with Crippen LogP contribution in [0.1, 0.15) is 5.56 Å².